The predicted molar refractivity (Wildman–Crippen MR) is 103 cm³/mol. The Morgan fingerprint density at radius 2 is 1.96 bits per heavy atom. The number of amides is 2. The standard InChI is InChI=1S/C19H25N5O2/c1-23(2)17-11-16(14-5-3-4-6-15(14)21-17)22-18(25)12-24-9-7-13(8-10-24)19(20)26/h3-6,11,13H,7-10,12H2,1-2H3,(H2,20,26)(H,21,22,25). The lowest BCUT2D eigenvalue weighted by Crippen LogP contribution is -2.42. The molecule has 138 valence electrons. The number of anilines is 2. The van der Waals surface area contributed by atoms with Crippen LogP contribution in [0.3, 0.4) is 0 Å². The van der Waals surface area contributed by atoms with E-state index in [1.807, 2.05) is 49.3 Å². The minimum atomic E-state index is -0.242. The van der Waals surface area contributed by atoms with E-state index in [0.717, 1.165) is 22.4 Å². The summed E-state index contributed by atoms with van der Waals surface area (Å²) in [6.45, 7) is 1.72. The van der Waals surface area contributed by atoms with Crippen LogP contribution < -0.4 is 16.0 Å². The first-order valence-electron chi connectivity index (χ1n) is 8.82. The average molecular weight is 355 g/mol. The van der Waals surface area contributed by atoms with Gasteiger partial charge in [-0.1, -0.05) is 18.2 Å². The summed E-state index contributed by atoms with van der Waals surface area (Å²) in [7, 11) is 3.84. The van der Waals surface area contributed by atoms with Crippen molar-refractivity contribution in [1.29, 1.82) is 0 Å². The molecule has 26 heavy (non-hydrogen) atoms. The summed E-state index contributed by atoms with van der Waals surface area (Å²) in [5, 5.41) is 3.94. The third-order valence-electron chi connectivity index (χ3n) is 4.79. The highest BCUT2D eigenvalue weighted by Gasteiger charge is 2.24. The molecule has 1 aromatic heterocycles. The summed E-state index contributed by atoms with van der Waals surface area (Å²) in [6.07, 6.45) is 1.43. The molecular formula is C19H25N5O2. The number of fused-ring (bicyclic) bond motifs is 1. The van der Waals surface area contributed by atoms with Crippen LogP contribution in [0.2, 0.25) is 0 Å². The molecule has 1 aromatic carbocycles. The lowest BCUT2D eigenvalue weighted by molar-refractivity contribution is -0.123. The molecule has 1 aliphatic heterocycles. The zero-order chi connectivity index (χ0) is 18.7. The van der Waals surface area contributed by atoms with Crippen molar-refractivity contribution in [2.24, 2.45) is 11.7 Å². The van der Waals surface area contributed by atoms with Crippen LogP contribution in [0.4, 0.5) is 11.5 Å². The monoisotopic (exact) mass is 355 g/mol. The van der Waals surface area contributed by atoms with E-state index in [2.05, 4.69) is 15.2 Å². The summed E-state index contributed by atoms with van der Waals surface area (Å²) in [4.78, 5) is 32.4. The first-order chi connectivity index (χ1) is 12.4. The van der Waals surface area contributed by atoms with Gasteiger partial charge in [-0.05, 0) is 32.0 Å². The molecule has 3 rings (SSSR count). The molecule has 1 saturated heterocycles. The second-order valence-corrected chi connectivity index (χ2v) is 6.94. The van der Waals surface area contributed by atoms with Gasteiger partial charge in [-0.15, -0.1) is 0 Å². The van der Waals surface area contributed by atoms with Crippen molar-refractivity contribution >= 4 is 34.2 Å². The number of hydrogen-bond acceptors (Lipinski definition) is 5. The van der Waals surface area contributed by atoms with E-state index in [-0.39, 0.29) is 17.7 Å². The molecule has 0 unspecified atom stereocenters. The van der Waals surface area contributed by atoms with E-state index in [1.165, 1.54) is 0 Å². The summed E-state index contributed by atoms with van der Waals surface area (Å²) in [5.41, 5.74) is 6.97. The number of nitrogens with one attached hydrogen (secondary N) is 1. The van der Waals surface area contributed by atoms with Gasteiger partial charge in [0, 0.05) is 31.5 Å². The van der Waals surface area contributed by atoms with E-state index in [9.17, 15) is 9.59 Å². The molecule has 2 aromatic rings. The normalized spacial score (nSPS) is 15.8. The maximum Gasteiger partial charge on any atom is 0.238 e. The molecule has 0 saturated carbocycles. The van der Waals surface area contributed by atoms with Gasteiger partial charge in [0.15, 0.2) is 0 Å². The number of rotatable bonds is 5. The summed E-state index contributed by atoms with van der Waals surface area (Å²) in [6, 6.07) is 9.65. The zero-order valence-electron chi connectivity index (χ0n) is 15.2. The molecular weight excluding hydrogens is 330 g/mol. The molecule has 1 fully saturated rings. The van der Waals surface area contributed by atoms with Gasteiger partial charge in [0.25, 0.3) is 0 Å². The molecule has 0 aliphatic carbocycles. The van der Waals surface area contributed by atoms with Gasteiger partial charge in [-0.2, -0.15) is 0 Å². The van der Waals surface area contributed by atoms with Gasteiger partial charge in [0.2, 0.25) is 11.8 Å². The van der Waals surface area contributed by atoms with Crippen LogP contribution >= 0.6 is 0 Å². The number of carbonyl (C=O) groups is 2. The average Bonchev–Trinajstić information content (AvgIpc) is 2.62. The second-order valence-electron chi connectivity index (χ2n) is 6.94. The van der Waals surface area contributed by atoms with E-state index in [4.69, 9.17) is 5.73 Å². The summed E-state index contributed by atoms with van der Waals surface area (Å²) >= 11 is 0. The van der Waals surface area contributed by atoms with Gasteiger partial charge in [-0.25, -0.2) is 4.98 Å². The zero-order valence-corrected chi connectivity index (χ0v) is 15.2. The van der Waals surface area contributed by atoms with Crippen LogP contribution in [0, 0.1) is 5.92 Å². The number of benzene rings is 1. The Hall–Kier alpha value is -2.67. The molecule has 0 radical (unpaired) electrons. The first-order valence-corrected chi connectivity index (χ1v) is 8.82. The van der Waals surface area contributed by atoms with Gasteiger partial charge >= 0.3 is 0 Å². The predicted octanol–water partition coefficient (Wildman–Crippen LogP) is 1.44. The fraction of sp³-hybridized carbons (Fsp3) is 0.421. The number of piperidine rings is 1. The SMILES string of the molecule is CN(C)c1cc(NC(=O)CN2CCC(C(N)=O)CC2)c2ccccc2n1. The van der Waals surface area contributed by atoms with Gasteiger partial charge in [0.1, 0.15) is 5.82 Å². The number of hydrogen-bond donors (Lipinski definition) is 2. The topological polar surface area (TPSA) is 91.6 Å². The van der Waals surface area contributed by atoms with Gasteiger partial charge < -0.3 is 16.0 Å². The van der Waals surface area contributed by atoms with Crippen LogP contribution in [0.25, 0.3) is 10.9 Å². The number of carbonyl (C=O) groups excluding carboxylic acids is 2. The number of para-hydroxylation sites is 1. The van der Waals surface area contributed by atoms with Crippen molar-refractivity contribution in [3.63, 3.8) is 0 Å². The Morgan fingerprint density at radius 1 is 1.27 bits per heavy atom. The molecule has 7 heteroatoms. The summed E-state index contributed by atoms with van der Waals surface area (Å²) in [5.74, 6) is 0.416. The summed E-state index contributed by atoms with van der Waals surface area (Å²) < 4.78 is 0. The molecule has 2 amide bonds. The fourth-order valence-electron chi connectivity index (χ4n) is 3.26. The number of aromatic nitrogens is 1. The van der Waals surface area contributed by atoms with E-state index in [0.29, 0.717) is 32.5 Å². The molecule has 0 atom stereocenters. The Balaban J connectivity index is 1.70. The quantitative estimate of drug-likeness (QED) is 0.847. The van der Waals surface area contributed by atoms with Crippen LogP contribution in [-0.4, -0.2) is 55.4 Å². The van der Waals surface area contributed by atoms with Gasteiger partial charge in [0.05, 0.1) is 17.7 Å². The Morgan fingerprint density at radius 3 is 2.62 bits per heavy atom. The number of pyridine rings is 1. The maximum atomic E-state index is 12.5. The van der Waals surface area contributed by atoms with Crippen LogP contribution in [-0.2, 0) is 9.59 Å². The Bertz CT molecular complexity index is 813. The van der Waals surface area contributed by atoms with Crippen molar-refractivity contribution in [2.75, 3.05) is 43.9 Å². The minimum absolute atomic E-state index is 0.0661. The maximum absolute atomic E-state index is 12.5. The highest BCUT2D eigenvalue weighted by atomic mass is 16.2. The molecule has 0 spiro atoms. The first kappa shape index (κ1) is 18.1. The lowest BCUT2D eigenvalue weighted by atomic mass is 9.96. The van der Waals surface area contributed by atoms with E-state index < -0.39 is 0 Å². The smallest absolute Gasteiger partial charge is 0.238 e. The Labute approximate surface area is 153 Å². The number of nitrogens with two attached hydrogens (primary N) is 1. The highest BCUT2D eigenvalue weighted by Crippen LogP contribution is 2.26. The molecule has 0 bridgehead atoms. The number of likely N-dealkylation sites (tertiary alicyclic amines) is 1. The van der Waals surface area contributed by atoms with Crippen LogP contribution in [0.1, 0.15) is 12.8 Å². The third kappa shape index (κ3) is 4.11. The van der Waals surface area contributed by atoms with Crippen LogP contribution in [0.5, 0.6) is 0 Å². The Kier molecular flexibility index (Phi) is 5.37. The van der Waals surface area contributed by atoms with E-state index in [1.54, 1.807) is 0 Å². The third-order valence-corrected chi connectivity index (χ3v) is 4.79. The minimum Gasteiger partial charge on any atom is -0.369 e. The molecule has 2 heterocycles. The highest BCUT2D eigenvalue weighted by molar-refractivity contribution is 6.02. The van der Waals surface area contributed by atoms with E-state index >= 15 is 0 Å². The van der Waals surface area contributed by atoms with Crippen molar-refractivity contribution in [1.82, 2.24) is 9.88 Å². The van der Waals surface area contributed by atoms with Crippen LogP contribution in [0.15, 0.2) is 30.3 Å². The molecule has 3 N–H and O–H groups in total. The van der Waals surface area contributed by atoms with Crippen molar-refractivity contribution < 1.29 is 9.59 Å². The largest absolute Gasteiger partial charge is 0.369 e. The lowest BCUT2D eigenvalue weighted by Gasteiger charge is -2.29. The van der Waals surface area contributed by atoms with Crippen molar-refractivity contribution in [3.8, 4) is 0 Å². The van der Waals surface area contributed by atoms with Crippen molar-refractivity contribution in [3.05, 3.63) is 30.3 Å². The van der Waals surface area contributed by atoms with Crippen molar-refractivity contribution in [2.45, 2.75) is 12.8 Å². The fourth-order valence-corrected chi connectivity index (χ4v) is 3.26. The number of primary amides is 1. The number of nitrogens with zero attached hydrogens (tertiary/aromatic N) is 3. The molecule has 7 nitrogen and oxygen atoms in total. The molecule has 1 aliphatic rings. The second kappa shape index (κ2) is 7.70. The van der Waals surface area contributed by atoms with Gasteiger partial charge in [-0.3, -0.25) is 14.5 Å².